The van der Waals surface area contributed by atoms with E-state index in [2.05, 4.69) is 21.9 Å². The lowest BCUT2D eigenvalue weighted by molar-refractivity contribution is 0.193. The maximum absolute atomic E-state index is 6.15. The van der Waals surface area contributed by atoms with Gasteiger partial charge in [-0.1, -0.05) is 30.9 Å². The summed E-state index contributed by atoms with van der Waals surface area (Å²) in [6, 6.07) is 0.723. The molecule has 0 aliphatic heterocycles. The average Bonchev–Trinajstić information content (AvgIpc) is 2.38. The number of nitrogens with zero attached hydrogens (tertiary/aromatic N) is 3. The number of likely N-dealkylation sites (N-methyl/N-ethyl adjacent to an activating group) is 1. The first-order chi connectivity index (χ1) is 9.08. The lowest BCUT2D eigenvalue weighted by Crippen LogP contribution is -2.35. The first-order valence-corrected chi connectivity index (χ1v) is 7.72. The molecule has 1 fully saturated rings. The van der Waals surface area contributed by atoms with Gasteiger partial charge in [0.1, 0.15) is 5.15 Å². The zero-order chi connectivity index (χ0) is 13.8. The first-order valence-electron chi connectivity index (χ1n) is 6.96. The summed E-state index contributed by atoms with van der Waals surface area (Å²) >= 11 is 11.9. The molecule has 0 amide bonds. The molecule has 0 N–H and O–H groups in total. The van der Waals surface area contributed by atoms with Gasteiger partial charge in [0, 0.05) is 23.8 Å². The predicted octanol–water partition coefficient (Wildman–Crippen LogP) is 3.90. The van der Waals surface area contributed by atoms with Crippen LogP contribution in [-0.4, -0.2) is 34.5 Å². The molecule has 3 nitrogen and oxygen atoms in total. The zero-order valence-corrected chi connectivity index (χ0v) is 13.1. The fourth-order valence-corrected chi connectivity index (χ4v) is 3.37. The molecule has 19 heavy (non-hydrogen) atoms. The molecule has 1 aliphatic carbocycles. The highest BCUT2D eigenvalue weighted by Crippen LogP contribution is 2.23. The Kier molecular flexibility index (Phi) is 5.43. The van der Waals surface area contributed by atoms with Crippen LogP contribution in [-0.2, 0) is 6.42 Å². The summed E-state index contributed by atoms with van der Waals surface area (Å²) in [7, 11) is 2.20. The SMILES string of the molecule is Cc1nc(Cl)nc(Cl)c1CCN(C)C1CCCCC1. The molecule has 0 bridgehead atoms. The summed E-state index contributed by atoms with van der Waals surface area (Å²) < 4.78 is 0. The maximum Gasteiger partial charge on any atom is 0.224 e. The van der Waals surface area contributed by atoms with Crippen molar-refractivity contribution in [3.63, 3.8) is 0 Å². The average molecular weight is 302 g/mol. The Bertz CT molecular complexity index is 408. The van der Waals surface area contributed by atoms with Crippen molar-refractivity contribution in [2.45, 2.75) is 51.5 Å². The number of halogens is 2. The molecular weight excluding hydrogens is 281 g/mol. The normalized spacial score (nSPS) is 17.1. The summed E-state index contributed by atoms with van der Waals surface area (Å²) in [5.41, 5.74) is 1.91. The molecule has 2 rings (SSSR count). The van der Waals surface area contributed by atoms with Crippen LogP contribution in [0, 0.1) is 6.92 Å². The Balaban J connectivity index is 1.94. The Morgan fingerprint density at radius 3 is 2.47 bits per heavy atom. The third-order valence-corrected chi connectivity index (χ3v) is 4.53. The minimum atomic E-state index is 0.229. The van der Waals surface area contributed by atoms with Crippen LogP contribution in [0.3, 0.4) is 0 Å². The number of aryl methyl sites for hydroxylation is 1. The van der Waals surface area contributed by atoms with Gasteiger partial charge < -0.3 is 4.90 Å². The summed E-state index contributed by atoms with van der Waals surface area (Å²) in [5, 5.41) is 0.724. The summed E-state index contributed by atoms with van der Waals surface area (Å²) in [6.07, 6.45) is 7.63. The molecule has 0 saturated heterocycles. The van der Waals surface area contributed by atoms with Gasteiger partial charge in [-0.25, -0.2) is 9.97 Å². The van der Waals surface area contributed by atoms with E-state index < -0.39 is 0 Å². The molecule has 1 aromatic rings. The van der Waals surface area contributed by atoms with Gasteiger partial charge in [0.05, 0.1) is 0 Å². The molecule has 106 valence electrons. The van der Waals surface area contributed by atoms with Crippen molar-refractivity contribution in [2.75, 3.05) is 13.6 Å². The number of hydrogen-bond donors (Lipinski definition) is 0. The van der Waals surface area contributed by atoms with Crippen LogP contribution >= 0.6 is 23.2 Å². The quantitative estimate of drug-likeness (QED) is 0.624. The molecule has 1 heterocycles. The van der Waals surface area contributed by atoms with Crippen LogP contribution < -0.4 is 0 Å². The van der Waals surface area contributed by atoms with Crippen molar-refractivity contribution < 1.29 is 0 Å². The first kappa shape index (κ1) is 15.0. The molecule has 5 heteroatoms. The molecule has 0 unspecified atom stereocenters. The molecule has 1 saturated carbocycles. The molecule has 1 aliphatic rings. The summed E-state index contributed by atoms with van der Waals surface area (Å²) in [6.45, 7) is 2.94. The van der Waals surface area contributed by atoms with Gasteiger partial charge in [0.2, 0.25) is 5.28 Å². The molecule has 0 atom stereocenters. The Hall–Kier alpha value is -0.380. The van der Waals surface area contributed by atoms with Crippen molar-refractivity contribution in [3.05, 3.63) is 21.7 Å². The van der Waals surface area contributed by atoms with E-state index in [0.29, 0.717) is 5.15 Å². The second-order valence-corrected chi connectivity index (χ2v) is 6.07. The van der Waals surface area contributed by atoms with E-state index in [1.807, 2.05) is 6.92 Å². The van der Waals surface area contributed by atoms with E-state index in [-0.39, 0.29) is 5.28 Å². The van der Waals surface area contributed by atoms with Gasteiger partial charge in [-0.3, -0.25) is 0 Å². The summed E-state index contributed by atoms with van der Waals surface area (Å²) in [4.78, 5) is 10.7. The van der Waals surface area contributed by atoms with Gasteiger partial charge in [-0.05, 0) is 44.8 Å². The van der Waals surface area contributed by atoms with Crippen molar-refractivity contribution >= 4 is 23.2 Å². The largest absolute Gasteiger partial charge is 0.303 e. The highest BCUT2D eigenvalue weighted by molar-refractivity contribution is 6.32. The van der Waals surface area contributed by atoms with E-state index in [9.17, 15) is 0 Å². The van der Waals surface area contributed by atoms with E-state index in [4.69, 9.17) is 23.2 Å². The number of aromatic nitrogens is 2. The van der Waals surface area contributed by atoms with Gasteiger partial charge in [0.15, 0.2) is 0 Å². The molecule has 0 radical (unpaired) electrons. The van der Waals surface area contributed by atoms with E-state index >= 15 is 0 Å². The van der Waals surface area contributed by atoms with Gasteiger partial charge in [0.25, 0.3) is 0 Å². The minimum absolute atomic E-state index is 0.229. The second kappa shape index (κ2) is 6.87. The van der Waals surface area contributed by atoms with Crippen molar-refractivity contribution in [1.82, 2.24) is 14.9 Å². The van der Waals surface area contributed by atoms with E-state index in [1.165, 1.54) is 32.1 Å². The van der Waals surface area contributed by atoms with E-state index in [0.717, 1.165) is 30.3 Å². The lowest BCUT2D eigenvalue weighted by Gasteiger charge is -2.31. The van der Waals surface area contributed by atoms with Crippen LogP contribution in [0.2, 0.25) is 10.4 Å². The van der Waals surface area contributed by atoms with Crippen molar-refractivity contribution in [1.29, 1.82) is 0 Å². The second-order valence-electron chi connectivity index (χ2n) is 5.37. The standard InChI is InChI=1S/C14H21Cl2N3/c1-10-12(13(15)18-14(16)17-10)8-9-19(2)11-6-4-3-5-7-11/h11H,3-9H2,1-2H3. The Morgan fingerprint density at radius 2 is 1.84 bits per heavy atom. The van der Waals surface area contributed by atoms with Crippen LogP contribution in [0.4, 0.5) is 0 Å². The van der Waals surface area contributed by atoms with Crippen molar-refractivity contribution in [3.8, 4) is 0 Å². The third-order valence-electron chi connectivity index (χ3n) is 4.05. The Labute approximate surface area is 125 Å². The lowest BCUT2D eigenvalue weighted by atomic mass is 9.94. The number of hydrogen-bond acceptors (Lipinski definition) is 3. The van der Waals surface area contributed by atoms with Crippen molar-refractivity contribution in [2.24, 2.45) is 0 Å². The van der Waals surface area contributed by atoms with Gasteiger partial charge >= 0.3 is 0 Å². The zero-order valence-electron chi connectivity index (χ0n) is 11.6. The molecule has 0 aromatic carbocycles. The molecular formula is C14H21Cl2N3. The van der Waals surface area contributed by atoms with Crippen LogP contribution in [0.25, 0.3) is 0 Å². The van der Waals surface area contributed by atoms with Gasteiger partial charge in [-0.15, -0.1) is 0 Å². The highest BCUT2D eigenvalue weighted by atomic mass is 35.5. The smallest absolute Gasteiger partial charge is 0.224 e. The number of rotatable bonds is 4. The fraction of sp³-hybridized carbons (Fsp3) is 0.714. The molecule has 1 aromatic heterocycles. The Morgan fingerprint density at radius 1 is 1.16 bits per heavy atom. The monoisotopic (exact) mass is 301 g/mol. The highest BCUT2D eigenvalue weighted by Gasteiger charge is 2.18. The minimum Gasteiger partial charge on any atom is -0.303 e. The maximum atomic E-state index is 6.15. The van der Waals surface area contributed by atoms with Crippen LogP contribution in [0.1, 0.15) is 43.4 Å². The van der Waals surface area contributed by atoms with Crippen LogP contribution in [0.5, 0.6) is 0 Å². The van der Waals surface area contributed by atoms with Gasteiger partial charge in [-0.2, -0.15) is 0 Å². The molecule has 0 spiro atoms. The van der Waals surface area contributed by atoms with Crippen LogP contribution in [0.15, 0.2) is 0 Å². The fourth-order valence-electron chi connectivity index (χ4n) is 2.81. The van der Waals surface area contributed by atoms with E-state index in [1.54, 1.807) is 0 Å². The predicted molar refractivity (Wildman–Crippen MR) is 80.0 cm³/mol. The third kappa shape index (κ3) is 4.04. The topological polar surface area (TPSA) is 29.0 Å². The summed E-state index contributed by atoms with van der Waals surface area (Å²) in [5.74, 6) is 0.